The number of rotatable bonds is 8. The van der Waals surface area contributed by atoms with Crippen molar-refractivity contribution in [1.82, 2.24) is 16.0 Å². The van der Waals surface area contributed by atoms with E-state index in [9.17, 15) is 19.2 Å². The summed E-state index contributed by atoms with van der Waals surface area (Å²) < 4.78 is 5.85. The maximum atomic E-state index is 13.2. The van der Waals surface area contributed by atoms with Crippen LogP contribution in [0.15, 0.2) is 23.8 Å². The molecule has 204 valence electrons. The van der Waals surface area contributed by atoms with E-state index in [1.807, 2.05) is 26.8 Å². The molecule has 3 N–H and O–H groups in total. The van der Waals surface area contributed by atoms with E-state index in [0.29, 0.717) is 12.8 Å². The Morgan fingerprint density at radius 3 is 2.41 bits per heavy atom. The van der Waals surface area contributed by atoms with Gasteiger partial charge in [0.25, 0.3) is 0 Å². The first-order chi connectivity index (χ1) is 17.5. The predicted octanol–water partition coefficient (Wildman–Crippen LogP) is 3.06. The molecular weight excluding hydrogens is 472 g/mol. The molecule has 0 aromatic rings. The van der Waals surface area contributed by atoms with E-state index >= 15 is 0 Å². The molecule has 1 saturated heterocycles. The fourth-order valence-electron chi connectivity index (χ4n) is 4.46. The highest BCUT2D eigenvalue weighted by molar-refractivity contribution is 5.94. The molecule has 0 aromatic heterocycles. The number of hydrogen-bond acceptors (Lipinski definition) is 6. The number of unbranched alkanes of at least 4 members (excludes halogenated alkanes) is 1. The summed E-state index contributed by atoms with van der Waals surface area (Å²) in [7, 11) is 0. The molecule has 9 nitrogen and oxygen atoms in total. The molecule has 2 rings (SSSR count). The molecular formula is C28H42N4O5. The topological polar surface area (TPSA) is 137 Å². The predicted molar refractivity (Wildman–Crippen MR) is 140 cm³/mol. The molecule has 0 bridgehead atoms. The number of ether oxygens (including phenoxy) is 1. The second-order valence-corrected chi connectivity index (χ2v) is 10.7. The van der Waals surface area contributed by atoms with Crippen LogP contribution in [-0.2, 0) is 23.9 Å². The lowest BCUT2D eigenvalue weighted by Crippen LogP contribution is -2.54. The van der Waals surface area contributed by atoms with Crippen molar-refractivity contribution in [3.8, 4) is 6.07 Å². The van der Waals surface area contributed by atoms with E-state index in [1.165, 1.54) is 6.92 Å². The maximum Gasteiger partial charge on any atom is 0.328 e. The highest BCUT2D eigenvalue weighted by Gasteiger charge is 2.34. The summed E-state index contributed by atoms with van der Waals surface area (Å²) in [6, 6.07) is -0.535. The van der Waals surface area contributed by atoms with Crippen molar-refractivity contribution >= 4 is 23.7 Å². The standard InChI is InChI=1S/C28H42N4O5/c1-6-7-8-18(4)24-15-25(33)31-22(14-20-9-11-21(16-29)12-10-20)27(35)30-19(5)26(34)32-23(13-17(2)3)28(36)37-24/h9-11,17-19,21-24H,6-8,12-15H2,1-5H3,(H,30,35)(H,31,33)(H,32,34)/t18-,19-,21?,22-,23+,24-/m0/s1. The summed E-state index contributed by atoms with van der Waals surface area (Å²) in [6.45, 7) is 9.44. The lowest BCUT2D eigenvalue weighted by atomic mass is 9.93. The van der Waals surface area contributed by atoms with Gasteiger partial charge in [-0.05, 0) is 43.6 Å². The molecule has 0 radical (unpaired) electrons. The van der Waals surface area contributed by atoms with Gasteiger partial charge in [-0.15, -0.1) is 0 Å². The van der Waals surface area contributed by atoms with Crippen LogP contribution in [-0.4, -0.2) is 47.9 Å². The lowest BCUT2D eigenvalue weighted by Gasteiger charge is -2.27. The summed E-state index contributed by atoms with van der Waals surface area (Å²) in [5.41, 5.74) is 0.824. The van der Waals surface area contributed by atoms with Crippen LogP contribution in [0.5, 0.6) is 0 Å². The van der Waals surface area contributed by atoms with Crippen LogP contribution in [0.2, 0.25) is 0 Å². The number of nitrogens with zero attached hydrogens (tertiary/aromatic N) is 1. The van der Waals surface area contributed by atoms with Crippen molar-refractivity contribution in [1.29, 1.82) is 5.26 Å². The van der Waals surface area contributed by atoms with Crippen molar-refractivity contribution in [3.05, 3.63) is 23.8 Å². The van der Waals surface area contributed by atoms with Crippen molar-refractivity contribution in [2.24, 2.45) is 17.8 Å². The number of amides is 3. The normalized spacial score (nSPS) is 28.4. The Bertz CT molecular complexity index is 935. The molecule has 3 amide bonds. The zero-order valence-corrected chi connectivity index (χ0v) is 22.7. The fourth-order valence-corrected chi connectivity index (χ4v) is 4.46. The molecule has 0 aromatic carbocycles. The summed E-state index contributed by atoms with van der Waals surface area (Å²) in [4.78, 5) is 52.4. The average molecular weight is 515 g/mol. The quantitative estimate of drug-likeness (QED) is 0.426. The SMILES string of the molecule is CCCC[C@H](C)[C@@H]1CC(=O)N[C@@H](CC2=CCC(C#N)C=C2)C(=O)N[C@@H](C)C(=O)N[C@H](CC(C)C)C(=O)O1. The van der Waals surface area contributed by atoms with E-state index in [1.54, 1.807) is 12.2 Å². The van der Waals surface area contributed by atoms with Crippen LogP contribution in [0, 0.1) is 29.1 Å². The van der Waals surface area contributed by atoms with Crippen molar-refractivity contribution < 1.29 is 23.9 Å². The van der Waals surface area contributed by atoms with Gasteiger partial charge < -0.3 is 20.7 Å². The highest BCUT2D eigenvalue weighted by Crippen LogP contribution is 2.22. The molecule has 6 atom stereocenters. The summed E-state index contributed by atoms with van der Waals surface area (Å²) in [5, 5.41) is 17.3. The summed E-state index contributed by atoms with van der Waals surface area (Å²) in [6.07, 6.45) is 8.50. The van der Waals surface area contributed by atoms with E-state index < -0.39 is 47.9 Å². The molecule has 0 saturated carbocycles. The Morgan fingerprint density at radius 1 is 1.08 bits per heavy atom. The van der Waals surface area contributed by atoms with Gasteiger partial charge in [-0.25, -0.2) is 4.79 Å². The van der Waals surface area contributed by atoms with Gasteiger partial charge in [0.15, 0.2) is 0 Å². The Kier molecular flexibility index (Phi) is 11.8. The van der Waals surface area contributed by atoms with E-state index in [4.69, 9.17) is 10.00 Å². The molecule has 1 heterocycles. The van der Waals surface area contributed by atoms with Gasteiger partial charge >= 0.3 is 5.97 Å². The van der Waals surface area contributed by atoms with Gasteiger partial charge in [-0.1, -0.05) is 58.8 Å². The van der Waals surface area contributed by atoms with Crippen molar-refractivity contribution in [2.45, 2.75) is 104 Å². The second kappa shape index (κ2) is 14.6. The molecule has 2 aliphatic rings. The fraction of sp³-hybridized carbons (Fsp3) is 0.679. The summed E-state index contributed by atoms with van der Waals surface area (Å²) >= 11 is 0. The van der Waals surface area contributed by atoms with Gasteiger partial charge in [0.2, 0.25) is 17.7 Å². The van der Waals surface area contributed by atoms with E-state index in [-0.39, 0.29) is 30.6 Å². The monoisotopic (exact) mass is 514 g/mol. The number of nitriles is 1. The van der Waals surface area contributed by atoms with Gasteiger partial charge in [0.05, 0.1) is 18.4 Å². The first-order valence-electron chi connectivity index (χ1n) is 13.4. The lowest BCUT2D eigenvalue weighted by molar-refractivity contribution is -0.157. The van der Waals surface area contributed by atoms with Crippen molar-refractivity contribution in [2.75, 3.05) is 0 Å². The van der Waals surface area contributed by atoms with Crippen LogP contribution in [0.1, 0.15) is 79.6 Å². The van der Waals surface area contributed by atoms with Gasteiger partial charge in [0, 0.05) is 6.42 Å². The molecule has 1 aliphatic carbocycles. The van der Waals surface area contributed by atoms with Gasteiger partial charge in [-0.2, -0.15) is 5.26 Å². The Balaban J connectivity index is 2.33. The Labute approximate surface area is 220 Å². The minimum atomic E-state index is -0.924. The number of esters is 1. The smallest absolute Gasteiger partial charge is 0.328 e. The number of carbonyl (C=O) groups is 4. The molecule has 1 fully saturated rings. The van der Waals surface area contributed by atoms with E-state index in [2.05, 4.69) is 28.9 Å². The first-order valence-corrected chi connectivity index (χ1v) is 13.4. The van der Waals surface area contributed by atoms with Gasteiger partial charge in [0.1, 0.15) is 24.2 Å². The van der Waals surface area contributed by atoms with Crippen molar-refractivity contribution in [3.63, 3.8) is 0 Å². The molecule has 37 heavy (non-hydrogen) atoms. The maximum absolute atomic E-state index is 13.2. The Hall–Kier alpha value is -3.15. The first kappa shape index (κ1) is 30.1. The minimum Gasteiger partial charge on any atom is -0.460 e. The van der Waals surface area contributed by atoms with Crippen LogP contribution in [0.25, 0.3) is 0 Å². The van der Waals surface area contributed by atoms with E-state index in [0.717, 1.165) is 24.8 Å². The van der Waals surface area contributed by atoms with Crippen LogP contribution in [0.3, 0.4) is 0 Å². The largest absolute Gasteiger partial charge is 0.460 e. The second-order valence-electron chi connectivity index (χ2n) is 10.7. The van der Waals surface area contributed by atoms with Crippen LogP contribution in [0.4, 0.5) is 0 Å². The summed E-state index contributed by atoms with van der Waals surface area (Å²) in [5.74, 6) is -2.13. The average Bonchev–Trinajstić information content (AvgIpc) is 2.85. The number of cyclic esters (lactones) is 1. The zero-order chi connectivity index (χ0) is 27.5. The van der Waals surface area contributed by atoms with Crippen LogP contribution >= 0.6 is 0 Å². The number of allylic oxidation sites excluding steroid dienone is 3. The number of hydrogen-bond donors (Lipinski definition) is 3. The van der Waals surface area contributed by atoms with Gasteiger partial charge in [-0.3, -0.25) is 14.4 Å². The zero-order valence-electron chi connectivity index (χ0n) is 22.7. The third-order valence-electron chi connectivity index (χ3n) is 6.80. The molecule has 9 heteroatoms. The molecule has 0 spiro atoms. The number of carbonyl (C=O) groups excluding carboxylic acids is 4. The molecule has 1 unspecified atom stereocenters. The van der Waals surface area contributed by atoms with Crippen LogP contribution < -0.4 is 16.0 Å². The minimum absolute atomic E-state index is 0.0757. The highest BCUT2D eigenvalue weighted by atomic mass is 16.5. The Morgan fingerprint density at radius 2 is 1.81 bits per heavy atom. The number of nitrogens with one attached hydrogen (secondary N) is 3. The third-order valence-corrected chi connectivity index (χ3v) is 6.80. The molecule has 1 aliphatic heterocycles. The third kappa shape index (κ3) is 9.67.